The van der Waals surface area contributed by atoms with Crippen LogP contribution in [0.5, 0.6) is 5.75 Å². The van der Waals surface area contributed by atoms with E-state index in [1.807, 2.05) is 0 Å². The van der Waals surface area contributed by atoms with Crippen LogP contribution in [0.25, 0.3) is 0 Å². The van der Waals surface area contributed by atoms with E-state index in [9.17, 15) is 13.2 Å². The van der Waals surface area contributed by atoms with Crippen LogP contribution >= 0.6 is 0 Å². The van der Waals surface area contributed by atoms with Gasteiger partial charge in [-0.3, -0.25) is 0 Å². The predicted molar refractivity (Wildman–Crippen MR) is 64.9 cm³/mol. The Morgan fingerprint density at radius 1 is 1.16 bits per heavy atom. The lowest BCUT2D eigenvalue weighted by atomic mass is 9.57. The van der Waals surface area contributed by atoms with E-state index < -0.39 is 6.36 Å². The summed E-state index contributed by atoms with van der Waals surface area (Å²) in [5.41, 5.74) is 1.63. The number of alkyl halides is 3. The van der Waals surface area contributed by atoms with E-state index >= 15 is 0 Å². The van der Waals surface area contributed by atoms with Crippen LogP contribution in [0, 0.1) is 11.3 Å². The van der Waals surface area contributed by atoms with Crippen LogP contribution < -0.4 is 10.1 Å². The van der Waals surface area contributed by atoms with Crippen molar-refractivity contribution in [2.24, 2.45) is 11.3 Å². The Bertz CT molecular complexity index is 443. The second-order valence-corrected chi connectivity index (χ2v) is 5.77. The second kappa shape index (κ2) is 4.40. The van der Waals surface area contributed by atoms with E-state index in [0.717, 1.165) is 25.1 Å². The smallest absolute Gasteiger partial charge is 0.406 e. The minimum atomic E-state index is -4.61. The van der Waals surface area contributed by atoms with Crippen molar-refractivity contribution in [2.75, 3.05) is 13.1 Å². The Hall–Kier alpha value is -1.23. The zero-order valence-electron chi connectivity index (χ0n) is 10.5. The highest BCUT2D eigenvalue weighted by molar-refractivity contribution is 5.28. The van der Waals surface area contributed by atoms with Crippen LogP contribution in [0.15, 0.2) is 24.3 Å². The third-order valence-corrected chi connectivity index (χ3v) is 4.12. The molecule has 2 aliphatic rings. The van der Waals surface area contributed by atoms with Crippen molar-refractivity contribution in [3.63, 3.8) is 0 Å². The lowest BCUT2D eigenvalue weighted by Gasteiger charge is -2.54. The maximum absolute atomic E-state index is 12.0. The Labute approximate surface area is 109 Å². The van der Waals surface area contributed by atoms with Gasteiger partial charge in [0, 0.05) is 13.1 Å². The molecule has 3 rings (SSSR count). The Morgan fingerprint density at radius 3 is 2.26 bits per heavy atom. The maximum atomic E-state index is 12.0. The van der Waals surface area contributed by atoms with Gasteiger partial charge in [0.15, 0.2) is 0 Å². The molecule has 1 heterocycles. The van der Waals surface area contributed by atoms with Gasteiger partial charge in [-0.25, -0.2) is 0 Å². The van der Waals surface area contributed by atoms with Crippen molar-refractivity contribution >= 4 is 0 Å². The molecule has 2 nitrogen and oxygen atoms in total. The number of rotatable bonds is 3. The molecule has 1 saturated carbocycles. The molecule has 0 atom stereocenters. The molecule has 0 aromatic heterocycles. The first-order chi connectivity index (χ1) is 8.94. The van der Waals surface area contributed by atoms with Crippen molar-refractivity contribution < 1.29 is 17.9 Å². The lowest BCUT2D eigenvalue weighted by Crippen LogP contribution is -2.60. The van der Waals surface area contributed by atoms with E-state index in [1.165, 1.54) is 25.0 Å². The van der Waals surface area contributed by atoms with Crippen molar-refractivity contribution in [1.29, 1.82) is 0 Å². The maximum Gasteiger partial charge on any atom is 0.573 e. The molecule has 0 radical (unpaired) electrons. The van der Waals surface area contributed by atoms with Crippen molar-refractivity contribution in [3.8, 4) is 5.75 Å². The van der Waals surface area contributed by atoms with E-state index in [1.54, 1.807) is 12.1 Å². The molecule has 1 N–H and O–H groups in total. The molecular weight excluding hydrogens is 255 g/mol. The fourth-order valence-electron chi connectivity index (χ4n) is 3.24. The quantitative estimate of drug-likeness (QED) is 0.912. The summed E-state index contributed by atoms with van der Waals surface area (Å²) in [4.78, 5) is 0. The van der Waals surface area contributed by atoms with Crippen LogP contribution in [0.3, 0.4) is 0 Å². The first kappa shape index (κ1) is 12.8. The highest BCUT2D eigenvalue weighted by Crippen LogP contribution is 2.49. The molecule has 19 heavy (non-hydrogen) atoms. The van der Waals surface area contributed by atoms with E-state index in [-0.39, 0.29) is 5.75 Å². The molecular formula is C14H16F3NO. The SMILES string of the molecule is FC(F)(F)Oc1ccc(CC2CC3(CNC3)C2)cc1. The molecule has 5 heteroatoms. The Morgan fingerprint density at radius 2 is 1.79 bits per heavy atom. The van der Waals surface area contributed by atoms with Gasteiger partial charge in [0.05, 0.1) is 0 Å². The number of hydrogen-bond acceptors (Lipinski definition) is 2. The third-order valence-electron chi connectivity index (χ3n) is 4.12. The molecule has 1 aliphatic carbocycles. The molecule has 1 aliphatic heterocycles. The summed E-state index contributed by atoms with van der Waals surface area (Å²) in [5, 5.41) is 3.29. The summed E-state index contributed by atoms with van der Waals surface area (Å²) in [7, 11) is 0. The fraction of sp³-hybridized carbons (Fsp3) is 0.571. The highest BCUT2D eigenvalue weighted by Gasteiger charge is 2.47. The summed E-state index contributed by atoms with van der Waals surface area (Å²) in [5.74, 6) is 0.529. The third kappa shape index (κ3) is 2.86. The van der Waals surface area contributed by atoms with Gasteiger partial charge in [0.2, 0.25) is 0 Å². The molecule has 104 valence electrons. The molecule has 1 aromatic rings. The molecule has 0 bridgehead atoms. The number of benzene rings is 1. The lowest BCUT2D eigenvalue weighted by molar-refractivity contribution is -0.274. The summed E-state index contributed by atoms with van der Waals surface area (Å²) in [6.07, 6.45) is -1.19. The van der Waals surface area contributed by atoms with Gasteiger partial charge in [0.1, 0.15) is 5.75 Å². The molecule has 2 fully saturated rings. The average Bonchev–Trinajstić information content (AvgIpc) is 2.20. The standard InChI is InChI=1S/C14H16F3NO/c15-14(16,17)19-12-3-1-10(2-4-12)5-11-6-13(7-11)8-18-9-13/h1-4,11,18H,5-9H2. The van der Waals surface area contributed by atoms with Crippen LogP contribution in [0.1, 0.15) is 18.4 Å². The summed E-state index contributed by atoms with van der Waals surface area (Å²) >= 11 is 0. The average molecular weight is 271 g/mol. The zero-order valence-corrected chi connectivity index (χ0v) is 10.5. The van der Waals surface area contributed by atoms with Gasteiger partial charge >= 0.3 is 6.36 Å². The largest absolute Gasteiger partial charge is 0.573 e. The highest BCUT2D eigenvalue weighted by atomic mass is 19.4. The van der Waals surface area contributed by atoms with Gasteiger partial charge in [-0.2, -0.15) is 0 Å². The normalized spacial score (nSPS) is 21.8. The number of halogens is 3. The monoisotopic (exact) mass is 271 g/mol. The van der Waals surface area contributed by atoms with E-state index in [2.05, 4.69) is 10.1 Å². The first-order valence-electron chi connectivity index (χ1n) is 6.50. The molecule has 1 spiro atoms. The predicted octanol–water partition coefficient (Wildman–Crippen LogP) is 3.13. The van der Waals surface area contributed by atoms with Gasteiger partial charge in [-0.1, -0.05) is 12.1 Å². The number of hydrogen-bond donors (Lipinski definition) is 1. The van der Waals surface area contributed by atoms with Crippen molar-refractivity contribution in [3.05, 3.63) is 29.8 Å². The minimum Gasteiger partial charge on any atom is -0.406 e. The fourth-order valence-corrected chi connectivity index (χ4v) is 3.24. The Kier molecular flexibility index (Phi) is 2.96. The van der Waals surface area contributed by atoms with Crippen molar-refractivity contribution in [1.82, 2.24) is 5.32 Å². The first-order valence-corrected chi connectivity index (χ1v) is 6.50. The van der Waals surface area contributed by atoms with E-state index in [4.69, 9.17) is 0 Å². The topological polar surface area (TPSA) is 21.3 Å². The van der Waals surface area contributed by atoms with Crippen molar-refractivity contribution in [2.45, 2.75) is 25.6 Å². The second-order valence-electron chi connectivity index (χ2n) is 5.77. The van der Waals surface area contributed by atoms with Gasteiger partial charge in [0.25, 0.3) is 0 Å². The van der Waals surface area contributed by atoms with Gasteiger partial charge in [-0.15, -0.1) is 13.2 Å². The van der Waals surface area contributed by atoms with Crippen LogP contribution in [-0.2, 0) is 6.42 Å². The van der Waals surface area contributed by atoms with Crippen LogP contribution in [0.2, 0.25) is 0 Å². The molecule has 0 amide bonds. The van der Waals surface area contributed by atoms with Crippen LogP contribution in [0.4, 0.5) is 13.2 Å². The minimum absolute atomic E-state index is 0.149. The molecule has 0 unspecified atom stereocenters. The zero-order chi connectivity index (χ0) is 13.5. The summed E-state index contributed by atoms with van der Waals surface area (Å²) < 4.78 is 39.9. The van der Waals surface area contributed by atoms with Gasteiger partial charge < -0.3 is 10.1 Å². The number of nitrogens with one attached hydrogen (secondary N) is 1. The van der Waals surface area contributed by atoms with Gasteiger partial charge in [-0.05, 0) is 48.3 Å². The molecule has 1 aromatic carbocycles. The molecule has 1 saturated heterocycles. The number of ether oxygens (including phenoxy) is 1. The summed E-state index contributed by atoms with van der Waals surface area (Å²) in [6.45, 7) is 2.25. The summed E-state index contributed by atoms with van der Waals surface area (Å²) in [6, 6.07) is 6.24. The van der Waals surface area contributed by atoms with E-state index in [0.29, 0.717) is 11.3 Å². The van der Waals surface area contributed by atoms with Crippen LogP contribution in [-0.4, -0.2) is 19.5 Å². The Balaban J connectivity index is 1.52.